The first-order chi connectivity index (χ1) is 10.1. The standard InChI is InChI=1S/C18H26N2O/c1-18(2)9-6-14(7-10-18)20-17(21)16-5-3-4-13-12-19-11-8-15(13)16/h3-5,14,19H,6-12H2,1-2H3,(H,20,21). The summed E-state index contributed by atoms with van der Waals surface area (Å²) < 4.78 is 0. The average molecular weight is 286 g/mol. The second-order valence-corrected chi connectivity index (χ2v) is 7.28. The lowest BCUT2D eigenvalue weighted by molar-refractivity contribution is 0.0908. The highest BCUT2D eigenvalue weighted by molar-refractivity contribution is 5.96. The molecule has 1 fully saturated rings. The van der Waals surface area contributed by atoms with Crippen molar-refractivity contribution in [3.8, 4) is 0 Å². The van der Waals surface area contributed by atoms with Crippen molar-refractivity contribution in [1.29, 1.82) is 0 Å². The Bertz CT molecular complexity index is 526. The van der Waals surface area contributed by atoms with Gasteiger partial charge in [-0.05, 0) is 61.3 Å². The first kappa shape index (κ1) is 14.6. The van der Waals surface area contributed by atoms with Crippen molar-refractivity contribution in [1.82, 2.24) is 10.6 Å². The van der Waals surface area contributed by atoms with Crippen molar-refractivity contribution in [3.63, 3.8) is 0 Å². The van der Waals surface area contributed by atoms with Gasteiger partial charge in [0.25, 0.3) is 5.91 Å². The summed E-state index contributed by atoms with van der Waals surface area (Å²) in [6.45, 7) is 6.50. The van der Waals surface area contributed by atoms with E-state index in [1.165, 1.54) is 24.0 Å². The van der Waals surface area contributed by atoms with E-state index in [4.69, 9.17) is 0 Å². The predicted octanol–water partition coefficient (Wildman–Crippen LogP) is 3.03. The van der Waals surface area contributed by atoms with Crippen LogP contribution in [0.1, 0.15) is 61.0 Å². The van der Waals surface area contributed by atoms with Crippen LogP contribution in [0, 0.1) is 5.41 Å². The minimum atomic E-state index is 0.124. The zero-order chi connectivity index (χ0) is 14.9. The third kappa shape index (κ3) is 3.29. The zero-order valence-electron chi connectivity index (χ0n) is 13.2. The van der Waals surface area contributed by atoms with Crippen molar-refractivity contribution in [2.45, 2.75) is 58.5 Å². The lowest BCUT2D eigenvalue weighted by atomic mass is 9.75. The Morgan fingerprint density at radius 1 is 1.29 bits per heavy atom. The largest absolute Gasteiger partial charge is 0.349 e. The topological polar surface area (TPSA) is 41.1 Å². The van der Waals surface area contributed by atoms with Crippen LogP contribution >= 0.6 is 0 Å². The predicted molar refractivity (Wildman–Crippen MR) is 85.4 cm³/mol. The molecule has 0 spiro atoms. The van der Waals surface area contributed by atoms with E-state index in [2.05, 4.69) is 30.5 Å². The van der Waals surface area contributed by atoms with Gasteiger partial charge in [0, 0.05) is 18.2 Å². The molecule has 3 heteroatoms. The van der Waals surface area contributed by atoms with E-state index in [1.54, 1.807) is 0 Å². The van der Waals surface area contributed by atoms with Gasteiger partial charge in [-0.3, -0.25) is 4.79 Å². The van der Waals surface area contributed by atoms with E-state index < -0.39 is 0 Å². The SMILES string of the molecule is CC1(C)CCC(NC(=O)c2cccc3c2CCNC3)CC1. The second-order valence-electron chi connectivity index (χ2n) is 7.28. The molecular weight excluding hydrogens is 260 g/mol. The molecule has 1 amide bonds. The number of amides is 1. The summed E-state index contributed by atoms with van der Waals surface area (Å²) in [5, 5.41) is 6.63. The molecule has 2 aliphatic rings. The van der Waals surface area contributed by atoms with E-state index in [0.717, 1.165) is 37.9 Å². The normalized spacial score (nSPS) is 21.6. The molecule has 1 aliphatic carbocycles. The van der Waals surface area contributed by atoms with Gasteiger partial charge >= 0.3 is 0 Å². The highest BCUT2D eigenvalue weighted by Crippen LogP contribution is 2.35. The third-order valence-corrected chi connectivity index (χ3v) is 5.06. The molecule has 0 bridgehead atoms. The molecule has 1 aromatic carbocycles. The molecule has 114 valence electrons. The lowest BCUT2D eigenvalue weighted by Gasteiger charge is -2.34. The molecule has 0 aromatic heterocycles. The average Bonchev–Trinajstić information content (AvgIpc) is 2.49. The Morgan fingerprint density at radius 3 is 2.81 bits per heavy atom. The van der Waals surface area contributed by atoms with E-state index in [0.29, 0.717) is 11.5 Å². The Morgan fingerprint density at radius 2 is 2.05 bits per heavy atom. The Kier molecular flexibility index (Phi) is 4.03. The van der Waals surface area contributed by atoms with E-state index in [-0.39, 0.29) is 5.91 Å². The van der Waals surface area contributed by atoms with Crippen molar-refractivity contribution in [2.75, 3.05) is 6.54 Å². The summed E-state index contributed by atoms with van der Waals surface area (Å²) in [5.74, 6) is 0.124. The number of nitrogens with one attached hydrogen (secondary N) is 2. The van der Waals surface area contributed by atoms with Crippen LogP contribution in [0.2, 0.25) is 0 Å². The quantitative estimate of drug-likeness (QED) is 0.877. The zero-order valence-corrected chi connectivity index (χ0v) is 13.2. The monoisotopic (exact) mass is 286 g/mol. The van der Waals surface area contributed by atoms with Gasteiger partial charge in [0.2, 0.25) is 0 Å². The Labute approximate surface area is 127 Å². The molecule has 3 nitrogen and oxygen atoms in total. The van der Waals surface area contributed by atoms with Crippen LogP contribution in [-0.4, -0.2) is 18.5 Å². The maximum atomic E-state index is 12.6. The Hall–Kier alpha value is -1.35. The summed E-state index contributed by atoms with van der Waals surface area (Å²) in [4.78, 5) is 12.6. The van der Waals surface area contributed by atoms with Crippen LogP contribution in [0.5, 0.6) is 0 Å². The van der Waals surface area contributed by atoms with Crippen molar-refractivity contribution < 1.29 is 4.79 Å². The number of benzene rings is 1. The molecule has 0 saturated heterocycles. The van der Waals surface area contributed by atoms with E-state index in [1.807, 2.05) is 12.1 Å². The van der Waals surface area contributed by atoms with E-state index >= 15 is 0 Å². The molecule has 1 aromatic rings. The molecule has 1 aliphatic heterocycles. The minimum Gasteiger partial charge on any atom is -0.349 e. The van der Waals surface area contributed by atoms with Crippen LogP contribution in [0.15, 0.2) is 18.2 Å². The number of fused-ring (bicyclic) bond motifs is 1. The van der Waals surface area contributed by atoms with Gasteiger partial charge < -0.3 is 10.6 Å². The van der Waals surface area contributed by atoms with Crippen LogP contribution < -0.4 is 10.6 Å². The summed E-state index contributed by atoms with van der Waals surface area (Å²) in [5.41, 5.74) is 3.85. The van der Waals surface area contributed by atoms with Gasteiger partial charge in [-0.1, -0.05) is 26.0 Å². The maximum absolute atomic E-state index is 12.6. The number of hydrogen-bond acceptors (Lipinski definition) is 2. The first-order valence-electron chi connectivity index (χ1n) is 8.17. The summed E-state index contributed by atoms with van der Waals surface area (Å²) in [6, 6.07) is 6.46. The van der Waals surface area contributed by atoms with Crippen molar-refractivity contribution in [2.24, 2.45) is 5.41 Å². The maximum Gasteiger partial charge on any atom is 0.251 e. The summed E-state index contributed by atoms with van der Waals surface area (Å²) in [7, 11) is 0. The number of carbonyl (C=O) groups excluding carboxylic acids is 1. The molecule has 1 heterocycles. The lowest BCUT2D eigenvalue weighted by Crippen LogP contribution is -2.40. The Balaban J connectivity index is 1.69. The molecule has 21 heavy (non-hydrogen) atoms. The fraction of sp³-hybridized carbons (Fsp3) is 0.611. The van der Waals surface area contributed by atoms with Gasteiger partial charge in [-0.15, -0.1) is 0 Å². The first-order valence-corrected chi connectivity index (χ1v) is 8.17. The summed E-state index contributed by atoms with van der Waals surface area (Å²) in [6.07, 6.45) is 5.57. The smallest absolute Gasteiger partial charge is 0.251 e. The van der Waals surface area contributed by atoms with Crippen LogP contribution in [0.4, 0.5) is 0 Å². The molecule has 2 N–H and O–H groups in total. The fourth-order valence-electron chi connectivity index (χ4n) is 3.55. The van der Waals surface area contributed by atoms with Gasteiger partial charge in [0.05, 0.1) is 0 Å². The molecule has 0 radical (unpaired) electrons. The number of hydrogen-bond donors (Lipinski definition) is 2. The number of rotatable bonds is 2. The van der Waals surface area contributed by atoms with Crippen LogP contribution in [0.25, 0.3) is 0 Å². The molecule has 0 atom stereocenters. The summed E-state index contributed by atoms with van der Waals surface area (Å²) >= 11 is 0. The van der Waals surface area contributed by atoms with Gasteiger partial charge in [0.15, 0.2) is 0 Å². The van der Waals surface area contributed by atoms with Crippen LogP contribution in [-0.2, 0) is 13.0 Å². The van der Waals surface area contributed by atoms with Crippen LogP contribution in [0.3, 0.4) is 0 Å². The third-order valence-electron chi connectivity index (χ3n) is 5.06. The van der Waals surface area contributed by atoms with Crippen molar-refractivity contribution in [3.05, 3.63) is 34.9 Å². The second kappa shape index (κ2) is 5.80. The highest BCUT2D eigenvalue weighted by Gasteiger charge is 2.28. The van der Waals surface area contributed by atoms with Gasteiger partial charge in [-0.2, -0.15) is 0 Å². The molecule has 0 unspecified atom stereocenters. The number of carbonyl (C=O) groups is 1. The van der Waals surface area contributed by atoms with Gasteiger partial charge in [-0.25, -0.2) is 0 Å². The molecular formula is C18H26N2O. The fourth-order valence-corrected chi connectivity index (χ4v) is 3.55. The van der Waals surface area contributed by atoms with Gasteiger partial charge in [0.1, 0.15) is 0 Å². The highest BCUT2D eigenvalue weighted by atomic mass is 16.1. The van der Waals surface area contributed by atoms with E-state index in [9.17, 15) is 4.79 Å². The minimum absolute atomic E-state index is 0.124. The van der Waals surface area contributed by atoms with Crippen molar-refractivity contribution >= 4 is 5.91 Å². The molecule has 1 saturated carbocycles. The molecule has 3 rings (SSSR count).